The molecule has 2 aliphatic heterocycles. The molecule has 0 bridgehead atoms. The van der Waals surface area contributed by atoms with Crippen LogP contribution in [-0.4, -0.2) is 37.6 Å². The van der Waals surface area contributed by atoms with Crippen LogP contribution in [0.15, 0.2) is 57.8 Å². The van der Waals surface area contributed by atoms with E-state index in [2.05, 4.69) is 9.71 Å². The highest BCUT2D eigenvalue weighted by Gasteiger charge is 2.39. The minimum absolute atomic E-state index is 0.186. The van der Waals surface area contributed by atoms with Crippen LogP contribution < -0.4 is 5.32 Å². The molecule has 26 heavy (non-hydrogen) atoms. The molecule has 2 aromatic rings. The van der Waals surface area contributed by atoms with Crippen LogP contribution >= 0.6 is 11.6 Å². The molecular weight excluding hydrogens is 374 g/mol. The molecule has 0 saturated carbocycles. The molecule has 0 spiro atoms. The van der Waals surface area contributed by atoms with Gasteiger partial charge in [0.25, 0.3) is 10.0 Å². The van der Waals surface area contributed by atoms with Crippen molar-refractivity contribution in [3.05, 3.63) is 59.1 Å². The summed E-state index contributed by atoms with van der Waals surface area (Å²) in [6.45, 7) is 0.585. The van der Waals surface area contributed by atoms with Gasteiger partial charge in [-0.25, -0.2) is 0 Å². The first-order valence-electron chi connectivity index (χ1n) is 8.23. The van der Waals surface area contributed by atoms with Crippen molar-refractivity contribution in [2.75, 3.05) is 11.9 Å². The van der Waals surface area contributed by atoms with Gasteiger partial charge < -0.3 is 10.2 Å². The lowest BCUT2D eigenvalue weighted by atomic mass is 10.1. The maximum atomic E-state index is 12.7. The van der Waals surface area contributed by atoms with E-state index in [-0.39, 0.29) is 10.8 Å². The summed E-state index contributed by atoms with van der Waals surface area (Å²) in [7, 11) is -3.71. The van der Waals surface area contributed by atoms with Gasteiger partial charge in [0.15, 0.2) is 5.84 Å². The Morgan fingerprint density at radius 3 is 2.65 bits per heavy atom. The van der Waals surface area contributed by atoms with Crippen LogP contribution in [-0.2, 0) is 14.8 Å². The Hall–Kier alpha value is -2.38. The van der Waals surface area contributed by atoms with Crippen LogP contribution in [0, 0.1) is 0 Å². The molecule has 1 saturated heterocycles. The molecule has 4 rings (SSSR count). The Morgan fingerprint density at radius 1 is 1.15 bits per heavy atom. The van der Waals surface area contributed by atoms with E-state index in [1.54, 1.807) is 53.4 Å². The number of amidine groups is 1. The molecule has 1 fully saturated rings. The molecule has 0 radical (unpaired) electrons. The quantitative estimate of drug-likeness (QED) is 0.856. The number of anilines is 1. The molecule has 8 heteroatoms. The zero-order valence-corrected chi connectivity index (χ0v) is 15.3. The fourth-order valence-corrected chi connectivity index (χ4v) is 4.69. The lowest BCUT2D eigenvalue weighted by Crippen LogP contribution is -2.43. The van der Waals surface area contributed by atoms with E-state index in [4.69, 9.17) is 11.6 Å². The van der Waals surface area contributed by atoms with E-state index >= 15 is 0 Å². The molecule has 0 unspecified atom stereocenters. The first-order valence-corrected chi connectivity index (χ1v) is 10.0. The number of likely N-dealkylation sites (tertiary alicyclic amines) is 1. The standard InChI is InChI=1S/C18H16ClN3O3S/c19-12-7-9-13(10-8-12)20-18(23)15-5-3-11-22(15)17-14-4-1-2-6-16(14)26(24,25)21-17/h1-2,4,6-10,15H,3,5,11H2,(H,20,23)/t15-/m0/s1. The SMILES string of the molecule is O=C(Nc1ccc(Cl)cc1)[C@@H]1CCCN1C1=NS(=O)(=O)c2ccccc21. The number of fused-ring (bicyclic) bond motifs is 1. The number of nitrogens with zero attached hydrogens (tertiary/aromatic N) is 2. The van der Waals surface area contributed by atoms with Gasteiger partial charge in [0.2, 0.25) is 5.91 Å². The van der Waals surface area contributed by atoms with Gasteiger partial charge in [0, 0.05) is 22.8 Å². The van der Waals surface area contributed by atoms with Gasteiger partial charge in [-0.1, -0.05) is 23.7 Å². The van der Waals surface area contributed by atoms with Crippen LogP contribution in [0.4, 0.5) is 5.69 Å². The smallest absolute Gasteiger partial charge is 0.285 e. The van der Waals surface area contributed by atoms with Crippen molar-refractivity contribution < 1.29 is 13.2 Å². The molecule has 2 aliphatic rings. The van der Waals surface area contributed by atoms with Crippen molar-refractivity contribution in [1.29, 1.82) is 0 Å². The molecule has 2 aromatic carbocycles. The molecular formula is C18H16ClN3O3S. The van der Waals surface area contributed by atoms with Gasteiger partial charge in [-0.05, 0) is 49.2 Å². The number of halogens is 1. The lowest BCUT2D eigenvalue weighted by molar-refractivity contribution is -0.119. The summed E-state index contributed by atoms with van der Waals surface area (Å²) in [5.74, 6) is 0.170. The van der Waals surface area contributed by atoms with E-state index in [1.165, 1.54) is 0 Å². The van der Waals surface area contributed by atoms with Crippen LogP contribution in [0.25, 0.3) is 0 Å². The molecule has 6 nitrogen and oxygen atoms in total. The molecule has 1 atom stereocenters. The number of carbonyl (C=O) groups excluding carboxylic acids is 1. The highest BCUT2D eigenvalue weighted by atomic mass is 35.5. The number of nitrogens with one attached hydrogen (secondary N) is 1. The summed E-state index contributed by atoms with van der Waals surface area (Å²) in [5.41, 5.74) is 1.20. The summed E-state index contributed by atoms with van der Waals surface area (Å²) in [4.78, 5) is 14.7. The number of carbonyl (C=O) groups is 1. The largest absolute Gasteiger partial charge is 0.343 e. The van der Waals surface area contributed by atoms with Gasteiger partial charge in [-0.3, -0.25) is 4.79 Å². The summed E-state index contributed by atoms with van der Waals surface area (Å²) in [6.07, 6.45) is 1.43. The maximum Gasteiger partial charge on any atom is 0.285 e. The predicted octanol–water partition coefficient (Wildman–Crippen LogP) is 2.89. The fourth-order valence-electron chi connectivity index (χ4n) is 3.35. The Bertz CT molecular complexity index is 1000. The van der Waals surface area contributed by atoms with E-state index in [1.807, 2.05) is 0 Å². The number of rotatable bonds is 2. The van der Waals surface area contributed by atoms with E-state index in [0.29, 0.717) is 35.1 Å². The third-order valence-corrected chi connectivity index (χ3v) is 6.13. The van der Waals surface area contributed by atoms with Gasteiger partial charge in [-0.2, -0.15) is 8.42 Å². The number of hydrogen-bond acceptors (Lipinski definition) is 4. The van der Waals surface area contributed by atoms with Gasteiger partial charge in [0.05, 0.1) is 0 Å². The predicted molar refractivity (Wildman–Crippen MR) is 100.0 cm³/mol. The van der Waals surface area contributed by atoms with E-state index in [0.717, 1.165) is 6.42 Å². The first-order chi connectivity index (χ1) is 12.5. The second-order valence-electron chi connectivity index (χ2n) is 6.23. The topological polar surface area (TPSA) is 78.8 Å². The van der Waals surface area contributed by atoms with Crippen molar-refractivity contribution in [1.82, 2.24) is 4.90 Å². The first kappa shape index (κ1) is 17.1. The van der Waals surface area contributed by atoms with Crippen molar-refractivity contribution >= 4 is 39.1 Å². The number of hydrogen-bond donors (Lipinski definition) is 1. The molecule has 2 heterocycles. The molecule has 0 aliphatic carbocycles. The average molecular weight is 390 g/mol. The number of amides is 1. The average Bonchev–Trinajstić information content (AvgIpc) is 3.20. The van der Waals surface area contributed by atoms with Gasteiger partial charge in [0.1, 0.15) is 10.9 Å². The molecule has 1 N–H and O–H groups in total. The fraction of sp³-hybridized carbons (Fsp3) is 0.222. The summed E-state index contributed by atoms with van der Waals surface area (Å²) >= 11 is 5.87. The molecule has 1 amide bonds. The van der Waals surface area contributed by atoms with E-state index < -0.39 is 16.1 Å². The zero-order valence-electron chi connectivity index (χ0n) is 13.7. The van der Waals surface area contributed by atoms with Gasteiger partial charge in [-0.15, -0.1) is 4.40 Å². The van der Waals surface area contributed by atoms with Crippen molar-refractivity contribution in [3.8, 4) is 0 Å². The minimum atomic E-state index is -3.71. The second kappa shape index (κ2) is 6.41. The summed E-state index contributed by atoms with van der Waals surface area (Å²) < 4.78 is 28.5. The summed E-state index contributed by atoms with van der Waals surface area (Å²) in [5, 5.41) is 3.46. The minimum Gasteiger partial charge on any atom is -0.343 e. The van der Waals surface area contributed by atoms with Crippen LogP contribution in [0.1, 0.15) is 18.4 Å². The van der Waals surface area contributed by atoms with Gasteiger partial charge >= 0.3 is 0 Å². The normalized spacial score (nSPS) is 20.6. The van der Waals surface area contributed by atoms with E-state index in [9.17, 15) is 13.2 Å². The van der Waals surface area contributed by atoms with Crippen LogP contribution in [0.2, 0.25) is 5.02 Å². The Balaban J connectivity index is 1.61. The number of sulfonamides is 1. The highest BCUT2D eigenvalue weighted by molar-refractivity contribution is 7.90. The highest BCUT2D eigenvalue weighted by Crippen LogP contribution is 2.31. The van der Waals surface area contributed by atoms with Crippen molar-refractivity contribution in [2.24, 2.45) is 4.40 Å². The monoisotopic (exact) mass is 389 g/mol. The third kappa shape index (κ3) is 2.97. The Morgan fingerprint density at radius 2 is 1.88 bits per heavy atom. The Kier molecular flexibility index (Phi) is 4.20. The third-order valence-electron chi connectivity index (χ3n) is 4.55. The van der Waals surface area contributed by atoms with Crippen LogP contribution in [0.5, 0.6) is 0 Å². The van der Waals surface area contributed by atoms with Crippen LogP contribution in [0.3, 0.4) is 0 Å². The molecule has 0 aromatic heterocycles. The Labute approximate surface area is 156 Å². The maximum absolute atomic E-state index is 12.7. The van der Waals surface area contributed by atoms with Crippen molar-refractivity contribution in [2.45, 2.75) is 23.8 Å². The lowest BCUT2D eigenvalue weighted by Gasteiger charge is -2.25. The van der Waals surface area contributed by atoms with Crippen molar-refractivity contribution in [3.63, 3.8) is 0 Å². The molecule has 134 valence electrons. The summed E-state index contributed by atoms with van der Waals surface area (Å²) in [6, 6.07) is 13.1. The number of benzene rings is 2. The zero-order chi connectivity index (χ0) is 18.3. The second-order valence-corrected chi connectivity index (χ2v) is 8.24.